The van der Waals surface area contributed by atoms with Crippen LogP contribution in [0.1, 0.15) is 42.4 Å². The van der Waals surface area contributed by atoms with Crippen molar-refractivity contribution in [3.8, 4) is 22.9 Å². The van der Waals surface area contributed by atoms with Gasteiger partial charge in [0.05, 0.1) is 18.2 Å². The molecule has 2 heterocycles. The lowest BCUT2D eigenvalue weighted by molar-refractivity contribution is -0.137. The number of carboxylic acid groups (broad SMARTS) is 1. The lowest BCUT2D eigenvalue weighted by Crippen LogP contribution is -2.27. The number of pyridine rings is 1. The number of ether oxygens (including phenoxy) is 1. The maximum atomic E-state index is 13.4. The van der Waals surface area contributed by atoms with Crippen LogP contribution >= 0.6 is 0 Å². The van der Waals surface area contributed by atoms with Crippen LogP contribution < -0.4 is 10.1 Å². The number of rotatable bonds is 7. The molecule has 7 heteroatoms. The molecule has 176 valence electrons. The van der Waals surface area contributed by atoms with Crippen LogP contribution in [0.25, 0.3) is 11.1 Å². The van der Waals surface area contributed by atoms with Gasteiger partial charge in [-0.1, -0.05) is 18.2 Å². The minimum Gasteiger partial charge on any atom is -0.493 e. The van der Waals surface area contributed by atoms with Crippen molar-refractivity contribution >= 4 is 17.6 Å². The number of aromatic nitrogens is 1. The van der Waals surface area contributed by atoms with Gasteiger partial charge in [-0.25, -0.2) is 0 Å². The van der Waals surface area contributed by atoms with Crippen LogP contribution in [-0.2, 0) is 21.4 Å². The molecular formula is C28H25N3O4. The summed E-state index contributed by atoms with van der Waals surface area (Å²) in [6.45, 7) is 0.563. The standard InChI is InChI=1S/C28H25N3O4/c29-16-18-6-7-19(3-1-5-26(32)33)24(13-18)31-27(34)23-15-28(23)10-12-35-25-9-8-20(14-22(25)28)21-4-2-11-30-17-21/h2,4,6-9,11,13-14,17,23H,1,3,5,10,12,15H2,(H,31,34)(H,32,33)/t23-,28-/m0/s1. The number of aryl methyl sites for hydroxylation is 1. The van der Waals surface area contributed by atoms with Gasteiger partial charge in [0.15, 0.2) is 0 Å². The van der Waals surface area contributed by atoms with E-state index in [9.17, 15) is 14.9 Å². The van der Waals surface area contributed by atoms with E-state index < -0.39 is 5.97 Å². The van der Waals surface area contributed by atoms with Crippen LogP contribution in [0.15, 0.2) is 60.9 Å². The number of anilines is 1. The number of carboxylic acids is 1. The summed E-state index contributed by atoms with van der Waals surface area (Å²) in [6, 6.07) is 17.3. The molecular weight excluding hydrogens is 442 g/mol. The summed E-state index contributed by atoms with van der Waals surface area (Å²) < 4.78 is 5.92. The Hall–Kier alpha value is -4.18. The molecule has 3 aromatic rings. The molecule has 2 aliphatic rings. The topological polar surface area (TPSA) is 112 Å². The van der Waals surface area contributed by atoms with Gasteiger partial charge in [0.1, 0.15) is 5.75 Å². The molecule has 2 aromatic carbocycles. The van der Waals surface area contributed by atoms with Crippen LogP contribution in [0.3, 0.4) is 0 Å². The van der Waals surface area contributed by atoms with E-state index in [1.54, 1.807) is 24.4 Å². The van der Waals surface area contributed by atoms with Gasteiger partial charge in [-0.2, -0.15) is 5.26 Å². The Morgan fingerprint density at radius 2 is 2.09 bits per heavy atom. The molecule has 0 saturated heterocycles. The first kappa shape index (κ1) is 22.6. The van der Waals surface area contributed by atoms with E-state index in [0.717, 1.165) is 40.8 Å². The highest BCUT2D eigenvalue weighted by Crippen LogP contribution is 2.61. The predicted octanol–water partition coefficient (Wildman–Crippen LogP) is 4.71. The van der Waals surface area contributed by atoms with Gasteiger partial charge < -0.3 is 15.2 Å². The summed E-state index contributed by atoms with van der Waals surface area (Å²) in [4.78, 5) is 28.5. The Labute approximate surface area is 203 Å². The summed E-state index contributed by atoms with van der Waals surface area (Å²) in [5, 5.41) is 21.3. The molecule has 1 aliphatic heterocycles. The number of nitrogens with zero attached hydrogens (tertiary/aromatic N) is 2. The molecule has 0 radical (unpaired) electrons. The largest absolute Gasteiger partial charge is 0.493 e. The molecule has 1 amide bonds. The summed E-state index contributed by atoms with van der Waals surface area (Å²) in [5.74, 6) is -0.320. The fraction of sp³-hybridized carbons (Fsp3) is 0.286. The summed E-state index contributed by atoms with van der Waals surface area (Å²) in [6.07, 6.45) is 6.08. The predicted molar refractivity (Wildman–Crippen MR) is 130 cm³/mol. The second kappa shape index (κ2) is 9.22. The number of aliphatic carboxylic acids is 1. The highest BCUT2D eigenvalue weighted by molar-refractivity contribution is 5.97. The van der Waals surface area contributed by atoms with Gasteiger partial charge in [-0.05, 0) is 67.1 Å². The fourth-order valence-corrected chi connectivity index (χ4v) is 5.09. The van der Waals surface area contributed by atoms with E-state index in [0.29, 0.717) is 30.7 Å². The van der Waals surface area contributed by atoms with Gasteiger partial charge in [0.25, 0.3) is 0 Å². The third-order valence-corrected chi connectivity index (χ3v) is 7.04. The van der Waals surface area contributed by atoms with Crippen molar-refractivity contribution in [2.24, 2.45) is 5.92 Å². The Balaban J connectivity index is 1.38. The molecule has 2 N–H and O–H groups in total. The number of hydrogen-bond acceptors (Lipinski definition) is 5. The van der Waals surface area contributed by atoms with E-state index in [-0.39, 0.29) is 23.7 Å². The smallest absolute Gasteiger partial charge is 0.303 e. The maximum Gasteiger partial charge on any atom is 0.303 e. The third-order valence-electron chi connectivity index (χ3n) is 7.04. The Morgan fingerprint density at radius 1 is 1.20 bits per heavy atom. The highest BCUT2D eigenvalue weighted by Gasteiger charge is 2.61. The lowest BCUT2D eigenvalue weighted by Gasteiger charge is -2.27. The van der Waals surface area contributed by atoms with Gasteiger partial charge in [0, 0.05) is 47.0 Å². The van der Waals surface area contributed by atoms with Crippen molar-refractivity contribution < 1.29 is 19.4 Å². The van der Waals surface area contributed by atoms with Gasteiger partial charge in [0.2, 0.25) is 5.91 Å². The summed E-state index contributed by atoms with van der Waals surface area (Å²) in [5.41, 5.74) is 4.69. The number of hydrogen-bond donors (Lipinski definition) is 2. The van der Waals surface area contributed by atoms with E-state index in [4.69, 9.17) is 9.84 Å². The number of carbonyl (C=O) groups excluding carboxylic acids is 1. The van der Waals surface area contributed by atoms with Crippen LogP contribution in [0.4, 0.5) is 5.69 Å². The van der Waals surface area contributed by atoms with Crippen LogP contribution in [0.5, 0.6) is 5.75 Å². The SMILES string of the molecule is N#Cc1ccc(CCCC(=O)O)c(NC(=O)[C@@H]2C[C@]23CCOc2ccc(-c4cccnc4)cc23)c1. The minimum absolute atomic E-state index is 0.0508. The van der Waals surface area contributed by atoms with E-state index in [2.05, 4.69) is 22.4 Å². The number of nitrogens with one attached hydrogen (secondary N) is 1. The van der Waals surface area contributed by atoms with Crippen molar-refractivity contribution in [3.63, 3.8) is 0 Å². The molecule has 1 aliphatic carbocycles. The van der Waals surface area contributed by atoms with Crippen molar-refractivity contribution in [1.29, 1.82) is 5.26 Å². The Kier molecular flexibility index (Phi) is 5.96. The number of carbonyl (C=O) groups is 2. The fourth-order valence-electron chi connectivity index (χ4n) is 5.09. The third kappa shape index (κ3) is 4.47. The van der Waals surface area contributed by atoms with Crippen LogP contribution in [0.2, 0.25) is 0 Å². The molecule has 7 nitrogen and oxygen atoms in total. The second-order valence-corrected chi connectivity index (χ2v) is 9.18. The first-order valence-corrected chi connectivity index (χ1v) is 11.7. The number of benzene rings is 2. The van der Waals surface area contributed by atoms with Gasteiger partial charge in [-0.15, -0.1) is 0 Å². The quantitative estimate of drug-likeness (QED) is 0.521. The first-order valence-electron chi connectivity index (χ1n) is 11.7. The second-order valence-electron chi connectivity index (χ2n) is 9.18. The summed E-state index contributed by atoms with van der Waals surface area (Å²) >= 11 is 0. The summed E-state index contributed by atoms with van der Waals surface area (Å²) in [7, 11) is 0. The van der Waals surface area contributed by atoms with E-state index >= 15 is 0 Å². The number of nitriles is 1. The first-order chi connectivity index (χ1) is 17.0. The van der Waals surface area contributed by atoms with Crippen molar-refractivity contribution in [2.75, 3.05) is 11.9 Å². The van der Waals surface area contributed by atoms with Gasteiger partial charge in [-0.3, -0.25) is 14.6 Å². The molecule has 1 aromatic heterocycles. The van der Waals surface area contributed by atoms with Crippen LogP contribution in [-0.4, -0.2) is 28.6 Å². The molecule has 35 heavy (non-hydrogen) atoms. The molecule has 1 saturated carbocycles. The normalized spacial score (nSPS) is 19.8. The minimum atomic E-state index is -0.854. The highest BCUT2D eigenvalue weighted by atomic mass is 16.5. The zero-order valence-electron chi connectivity index (χ0n) is 19.2. The van der Waals surface area contributed by atoms with Crippen molar-refractivity contribution in [1.82, 2.24) is 4.98 Å². The van der Waals surface area contributed by atoms with Crippen molar-refractivity contribution in [2.45, 2.75) is 37.5 Å². The number of amides is 1. The molecule has 2 atom stereocenters. The molecule has 0 unspecified atom stereocenters. The monoisotopic (exact) mass is 467 g/mol. The maximum absolute atomic E-state index is 13.4. The number of fused-ring (bicyclic) bond motifs is 2. The lowest BCUT2D eigenvalue weighted by atomic mass is 9.85. The van der Waals surface area contributed by atoms with Gasteiger partial charge >= 0.3 is 5.97 Å². The van der Waals surface area contributed by atoms with E-state index in [1.807, 2.05) is 30.5 Å². The zero-order valence-corrected chi connectivity index (χ0v) is 19.2. The molecule has 1 spiro atoms. The molecule has 0 bridgehead atoms. The van der Waals surface area contributed by atoms with Crippen molar-refractivity contribution in [3.05, 3.63) is 77.6 Å². The molecule has 5 rings (SSSR count). The zero-order chi connectivity index (χ0) is 24.4. The molecule has 1 fully saturated rings. The average Bonchev–Trinajstić information content (AvgIpc) is 3.60. The Bertz CT molecular complexity index is 1330. The Morgan fingerprint density at radius 3 is 2.86 bits per heavy atom. The van der Waals surface area contributed by atoms with E-state index in [1.165, 1.54) is 0 Å². The van der Waals surface area contributed by atoms with Crippen LogP contribution in [0, 0.1) is 17.2 Å². The average molecular weight is 468 g/mol.